The molecule has 3 aromatic heterocycles. The topological polar surface area (TPSA) is 63.8 Å². The van der Waals surface area contributed by atoms with Crippen molar-refractivity contribution in [2.45, 2.75) is 33.1 Å². The van der Waals surface area contributed by atoms with E-state index in [1.165, 1.54) is 5.56 Å². The fourth-order valence-electron chi connectivity index (χ4n) is 6.62. The molecule has 0 amide bonds. The predicted molar refractivity (Wildman–Crippen MR) is 200 cm³/mol. The number of phenols is 1. The Labute approximate surface area is 306 Å². The third kappa shape index (κ3) is 5.93. The summed E-state index contributed by atoms with van der Waals surface area (Å²) in [6.07, 6.45) is 3.67. The van der Waals surface area contributed by atoms with E-state index in [9.17, 15) is 5.11 Å². The van der Waals surface area contributed by atoms with Crippen molar-refractivity contribution >= 4 is 21.9 Å². The van der Waals surface area contributed by atoms with Gasteiger partial charge < -0.3 is 5.11 Å². The van der Waals surface area contributed by atoms with Crippen molar-refractivity contribution < 1.29 is 26.2 Å². The summed E-state index contributed by atoms with van der Waals surface area (Å²) in [7, 11) is 0. The second-order valence-electron chi connectivity index (χ2n) is 13.5. The average Bonchev–Trinajstić information content (AvgIpc) is 3.52. The molecule has 0 aliphatic rings. The van der Waals surface area contributed by atoms with Gasteiger partial charge in [-0.2, -0.15) is 0 Å². The van der Waals surface area contributed by atoms with E-state index in [-0.39, 0.29) is 32.2 Å². The molecule has 0 aliphatic carbocycles. The summed E-state index contributed by atoms with van der Waals surface area (Å²) >= 11 is 0. The molecule has 8 rings (SSSR count). The summed E-state index contributed by atoms with van der Waals surface area (Å²) in [6, 6.07) is 44.8. The van der Waals surface area contributed by atoms with E-state index >= 15 is 0 Å². The molecule has 0 saturated heterocycles. The molecule has 0 unspecified atom stereocenters. The molecule has 5 nitrogen and oxygen atoms in total. The quantitative estimate of drug-likeness (QED) is 0.176. The molecule has 0 spiro atoms. The second-order valence-corrected chi connectivity index (χ2v) is 13.5. The fourth-order valence-corrected chi connectivity index (χ4v) is 6.62. The number of nitrogens with zero attached hydrogens (tertiary/aromatic N) is 4. The van der Waals surface area contributed by atoms with E-state index < -0.39 is 0 Å². The molecule has 0 radical (unpaired) electrons. The number of para-hydroxylation sites is 2. The van der Waals surface area contributed by atoms with E-state index in [0.29, 0.717) is 11.4 Å². The normalized spacial score (nSPS) is 11.5. The van der Waals surface area contributed by atoms with Gasteiger partial charge in [0.1, 0.15) is 11.6 Å². The van der Waals surface area contributed by atoms with Gasteiger partial charge >= 0.3 is 0 Å². The Hall–Kier alpha value is -5.38. The summed E-state index contributed by atoms with van der Waals surface area (Å²) in [6.45, 7) is 8.68. The number of benzene rings is 5. The first-order valence-corrected chi connectivity index (χ1v) is 16.5. The number of hydrogen-bond donors (Lipinski definition) is 1. The average molecular weight is 831 g/mol. The summed E-state index contributed by atoms with van der Waals surface area (Å²) in [5.41, 5.74) is 12.5. The first-order chi connectivity index (χ1) is 23.8. The Morgan fingerprint density at radius 1 is 0.640 bits per heavy atom. The molecule has 248 valence electrons. The molecule has 0 atom stereocenters. The van der Waals surface area contributed by atoms with Gasteiger partial charge in [0.05, 0.1) is 22.3 Å². The maximum Gasteiger partial charge on any atom is 0.148 e. The zero-order valence-corrected chi connectivity index (χ0v) is 30.5. The van der Waals surface area contributed by atoms with Gasteiger partial charge in [0.2, 0.25) is 0 Å². The van der Waals surface area contributed by atoms with E-state index in [1.807, 2.05) is 55.7 Å². The van der Waals surface area contributed by atoms with Crippen molar-refractivity contribution in [3.63, 3.8) is 0 Å². The van der Waals surface area contributed by atoms with Crippen LogP contribution in [0.4, 0.5) is 0 Å². The van der Waals surface area contributed by atoms with E-state index in [0.717, 1.165) is 66.7 Å². The van der Waals surface area contributed by atoms with Crippen molar-refractivity contribution in [3.05, 3.63) is 151 Å². The van der Waals surface area contributed by atoms with Crippen molar-refractivity contribution in [2.75, 3.05) is 0 Å². The van der Waals surface area contributed by atoms with Crippen molar-refractivity contribution in [2.24, 2.45) is 0 Å². The molecular weight excluding hydrogens is 796 g/mol. The Bertz CT molecular complexity index is 2500. The minimum Gasteiger partial charge on any atom is -0.507 e. The van der Waals surface area contributed by atoms with Crippen molar-refractivity contribution in [1.29, 1.82) is 0 Å². The number of pyridine rings is 2. The second kappa shape index (κ2) is 13.2. The van der Waals surface area contributed by atoms with Crippen LogP contribution in [0.15, 0.2) is 134 Å². The van der Waals surface area contributed by atoms with Crippen LogP contribution in [0.5, 0.6) is 5.75 Å². The third-order valence-corrected chi connectivity index (χ3v) is 9.16. The number of phenolic OH excluding ortho intramolecular Hbond substituents is 1. The minimum atomic E-state index is 0. The van der Waals surface area contributed by atoms with Crippen LogP contribution in [0.3, 0.4) is 0 Å². The molecule has 1 N–H and O–H groups in total. The number of fused-ring (bicyclic) bond motifs is 2. The van der Waals surface area contributed by atoms with Crippen LogP contribution < -0.4 is 0 Å². The maximum atomic E-state index is 11.1. The van der Waals surface area contributed by atoms with Crippen LogP contribution in [0.1, 0.15) is 31.9 Å². The third-order valence-electron chi connectivity index (χ3n) is 9.16. The Morgan fingerprint density at radius 2 is 1.36 bits per heavy atom. The van der Waals surface area contributed by atoms with Gasteiger partial charge in [-0.15, -0.1) is 35.4 Å². The van der Waals surface area contributed by atoms with Crippen LogP contribution in [-0.4, -0.2) is 24.6 Å². The number of aromatic hydroxyl groups is 1. The van der Waals surface area contributed by atoms with Gasteiger partial charge in [-0.25, -0.2) is 4.98 Å². The molecule has 50 heavy (non-hydrogen) atoms. The Balaban J connectivity index is 0.00000392. The number of aromatic nitrogens is 4. The first kappa shape index (κ1) is 33.1. The van der Waals surface area contributed by atoms with Crippen LogP contribution >= 0.6 is 0 Å². The summed E-state index contributed by atoms with van der Waals surface area (Å²) in [5.74, 6) is 0.876. The van der Waals surface area contributed by atoms with Crippen LogP contribution in [0.25, 0.3) is 72.5 Å². The van der Waals surface area contributed by atoms with Crippen LogP contribution in [0, 0.1) is 13.0 Å². The summed E-state index contributed by atoms with van der Waals surface area (Å²) < 4.78 is 2.15. The van der Waals surface area contributed by atoms with Crippen LogP contribution in [0.2, 0.25) is 0 Å². The molecule has 6 heteroatoms. The SMILES string of the molecule is Cc1ccc(O)c(-c2nc3c(-c4[c-]c(-c5cccc6c(-c7ccccn7)ccnc56)ccc4)cccc3n2-c2ccc(C(C)(C)C)cc2)c1.[Pt]. The smallest absolute Gasteiger partial charge is 0.148 e. The van der Waals surface area contributed by atoms with Gasteiger partial charge in [0.25, 0.3) is 0 Å². The van der Waals surface area contributed by atoms with Crippen molar-refractivity contribution in [1.82, 2.24) is 19.5 Å². The molecule has 3 heterocycles. The van der Waals surface area contributed by atoms with Gasteiger partial charge in [0, 0.05) is 55.6 Å². The minimum absolute atomic E-state index is 0. The number of hydrogen-bond acceptors (Lipinski definition) is 4. The zero-order valence-electron chi connectivity index (χ0n) is 28.3. The standard InChI is InChI=1S/C44H35N4O.Pt/c1-28-17-22-40(49)37(26-28)43-47-42-34(13-9-16-39(42)48(43)32-20-18-31(19-21-32)44(2,3)4)30-11-7-10-29(27-30)33-12-8-14-36-35(23-25-46-41(33)36)38-15-5-6-24-45-38;/h5-26,49H,1-4H3;/q-1;. The zero-order chi connectivity index (χ0) is 33.7. The molecular formula is C44H35N4OPt-. The van der Waals surface area contributed by atoms with Gasteiger partial charge in [-0.1, -0.05) is 92.1 Å². The summed E-state index contributed by atoms with van der Waals surface area (Å²) in [5, 5.41) is 12.1. The maximum absolute atomic E-state index is 11.1. The van der Waals surface area contributed by atoms with Gasteiger partial charge in [0.15, 0.2) is 0 Å². The molecule has 8 aromatic rings. The predicted octanol–water partition coefficient (Wildman–Crippen LogP) is 10.7. The molecule has 0 fully saturated rings. The monoisotopic (exact) mass is 830 g/mol. The number of aryl methyl sites for hydroxylation is 1. The number of imidazole rings is 1. The van der Waals surface area contributed by atoms with Gasteiger partial charge in [-0.05, 0) is 66.4 Å². The fraction of sp³-hybridized carbons (Fsp3) is 0.114. The first-order valence-electron chi connectivity index (χ1n) is 16.5. The molecule has 0 saturated carbocycles. The number of rotatable bonds is 5. The van der Waals surface area contributed by atoms with E-state index in [1.54, 1.807) is 6.07 Å². The Kier molecular flexibility index (Phi) is 8.71. The van der Waals surface area contributed by atoms with Crippen LogP contribution in [-0.2, 0) is 26.5 Å². The largest absolute Gasteiger partial charge is 0.507 e. The van der Waals surface area contributed by atoms with E-state index in [2.05, 4.69) is 115 Å². The Morgan fingerprint density at radius 3 is 2.08 bits per heavy atom. The summed E-state index contributed by atoms with van der Waals surface area (Å²) in [4.78, 5) is 14.7. The van der Waals surface area contributed by atoms with Gasteiger partial charge in [-0.3, -0.25) is 14.5 Å². The molecule has 5 aromatic carbocycles. The van der Waals surface area contributed by atoms with Crippen molar-refractivity contribution in [3.8, 4) is 56.3 Å². The molecule has 0 bridgehead atoms. The molecule has 0 aliphatic heterocycles. The van der Waals surface area contributed by atoms with E-state index in [4.69, 9.17) is 9.97 Å².